The highest BCUT2D eigenvalue weighted by atomic mass is 16.7. The van der Waals surface area contributed by atoms with E-state index in [1.165, 1.54) is 5.57 Å². The van der Waals surface area contributed by atoms with Crippen LogP contribution in [0.3, 0.4) is 0 Å². The fourth-order valence-corrected chi connectivity index (χ4v) is 14.2. The van der Waals surface area contributed by atoms with E-state index < -0.39 is 128 Å². The number of ether oxygens (including phenoxy) is 11. The Morgan fingerprint density at radius 3 is 2.01 bits per heavy atom. The lowest BCUT2D eigenvalue weighted by atomic mass is 9.47. The zero-order valence-corrected chi connectivity index (χ0v) is 44.6. The highest BCUT2D eigenvalue weighted by Gasteiger charge is 2.69. The average molecular weight is 1050 g/mol. The van der Waals surface area contributed by atoms with Crippen molar-refractivity contribution in [2.24, 2.45) is 46.3 Å². The van der Waals surface area contributed by atoms with E-state index in [-0.39, 0.29) is 16.9 Å². The maximum atomic E-state index is 14.8. The van der Waals surface area contributed by atoms with Crippen molar-refractivity contribution >= 4 is 47.7 Å². The quantitative estimate of drug-likeness (QED) is 0.125. The monoisotopic (exact) mass is 1050 g/mol. The van der Waals surface area contributed by atoms with E-state index in [4.69, 9.17) is 52.1 Å². The number of hydrogen-bond donors (Lipinski definition) is 2. The molecule has 3 saturated heterocycles. The van der Waals surface area contributed by atoms with Gasteiger partial charge in [0.1, 0.15) is 31.5 Å². The summed E-state index contributed by atoms with van der Waals surface area (Å²) >= 11 is 0. The van der Waals surface area contributed by atoms with Gasteiger partial charge < -0.3 is 62.5 Å². The summed E-state index contributed by atoms with van der Waals surface area (Å²) in [5.41, 5.74) is 1.19. The predicted octanol–water partition coefficient (Wildman–Crippen LogP) is 4.09. The van der Waals surface area contributed by atoms with Gasteiger partial charge in [-0.05, 0) is 91.8 Å². The largest absolute Gasteiger partial charge is 0.463 e. The first-order chi connectivity index (χ1) is 34.8. The summed E-state index contributed by atoms with van der Waals surface area (Å²) in [6.07, 6.45) is -4.50. The molecule has 0 bridgehead atoms. The molecule has 74 heavy (non-hydrogen) atoms. The van der Waals surface area contributed by atoms with Crippen molar-refractivity contribution in [2.75, 3.05) is 19.8 Å². The third-order valence-electron chi connectivity index (χ3n) is 17.3. The van der Waals surface area contributed by atoms with Crippen LogP contribution < -0.4 is 5.32 Å². The second-order valence-electron chi connectivity index (χ2n) is 22.4. The van der Waals surface area contributed by atoms with Gasteiger partial charge >= 0.3 is 41.8 Å². The Balaban J connectivity index is 1.18. The van der Waals surface area contributed by atoms with Crippen LogP contribution in [0.5, 0.6) is 0 Å². The number of rotatable bonds is 16. The minimum absolute atomic E-state index is 0.115. The molecule has 3 saturated carbocycles. The van der Waals surface area contributed by atoms with Gasteiger partial charge in [0, 0.05) is 60.8 Å². The molecule has 6 fully saturated rings. The molecule has 0 unspecified atom stereocenters. The Morgan fingerprint density at radius 1 is 0.757 bits per heavy atom. The zero-order chi connectivity index (χ0) is 54.2. The van der Waals surface area contributed by atoms with Crippen molar-refractivity contribution < 1.29 is 95.6 Å². The average Bonchev–Trinajstić information content (AvgIpc) is 3.76. The Kier molecular flexibility index (Phi) is 17.6. The summed E-state index contributed by atoms with van der Waals surface area (Å²) in [6, 6.07) is -1.61. The summed E-state index contributed by atoms with van der Waals surface area (Å²) in [7, 11) is 0. The second-order valence-corrected chi connectivity index (χ2v) is 22.4. The molecule has 3 heterocycles. The lowest BCUT2D eigenvalue weighted by molar-refractivity contribution is -0.290. The number of nitrogens with one attached hydrogen (secondary N) is 1. The van der Waals surface area contributed by atoms with E-state index in [1.807, 2.05) is 0 Å². The molecule has 0 aromatic rings. The van der Waals surface area contributed by atoms with Crippen molar-refractivity contribution in [2.45, 2.75) is 207 Å². The number of aliphatic hydroxyl groups excluding tert-OH is 1. The van der Waals surface area contributed by atoms with Crippen molar-refractivity contribution in [3.8, 4) is 0 Å². The summed E-state index contributed by atoms with van der Waals surface area (Å²) in [5, 5.41) is 13.8. The Hall–Kier alpha value is -4.70. The van der Waals surface area contributed by atoms with Crippen LogP contribution in [0.2, 0.25) is 0 Å². The molecule has 3 aliphatic heterocycles. The summed E-state index contributed by atoms with van der Waals surface area (Å²) < 4.78 is 64.8. The number of aliphatic hydroxyl groups is 1. The van der Waals surface area contributed by atoms with E-state index in [2.05, 4.69) is 39.1 Å². The molecule has 7 rings (SSSR count). The first kappa shape index (κ1) is 57.0. The molecule has 414 valence electrons. The van der Waals surface area contributed by atoms with Gasteiger partial charge in [0.2, 0.25) is 6.10 Å². The topological polar surface area (TPSA) is 270 Å². The highest BCUT2D eigenvalue weighted by molar-refractivity contribution is 5.85. The van der Waals surface area contributed by atoms with E-state index in [0.717, 1.165) is 100 Å². The predicted molar refractivity (Wildman–Crippen MR) is 254 cm³/mol. The van der Waals surface area contributed by atoms with Gasteiger partial charge in [-0.2, -0.15) is 0 Å². The van der Waals surface area contributed by atoms with Crippen molar-refractivity contribution in [1.82, 2.24) is 5.32 Å². The molecule has 21 heteroatoms. The molecule has 2 N–H and O–H groups in total. The van der Waals surface area contributed by atoms with Gasteiger partial charge in [0.15, 0.2) is 36.5 Å². The molecular formula is C53H77NO20. The normalized spacial score (nSPS) is 38.6. The third kappa shape index (κ3) is 12.0. The van der Waals surface area contributed by atoms with Crippen molar-refractivity contribution in [1.29, 1.82) is 0 Å². The van der Waals surface area contributed by atoms with Crippen LogP contribution in [0, 0.1) is 46.3 Å². The fraction of sp³-hybridized carbons (Fsp3) is 0.811. The molecule has 0 radical (unpaired) electrons. The van der Waals surface area contributed by atoms with Crippen molar-refractivity contribution in [3.63, 3.8) is 0 Å². The van der Waals surface area contributed by atoms with Crippen LogP contribution in [0.1, 0.15) is 134 Å². The number of allylic oxidation sites excluding steroid dienone is 1. The van der Waals surface area contributed by atoms with Crippen LogP contribution in [0.15, 0.2) is 11.6 Å². The molecule has 4 aliphatic carbocycles. The van der Waals surface area contributed by atoms with Gasteiger partial charge in [0.25, 0.3) is 5.91 Å². The van der Waals surface area contributed by atoms with Crippen LogP contribution in [0.4, 0.5) is 0 Å². The highest BCUT2D eigenvalue weighted by Crippen LogP contribution is 2.70. The van der Waals surface area contributed by atoms with Gasteiger partial charge in [-0.15, -0.1) is 0 Å². The lowest BCUT2D eigenvalue weighted by Gasteiger charge is -2.58. The lowest BCUT2D eigenvalue weighted by Crippen LogP contribution is -2.68. The first-order valence-corrected chi connectivity index (χ1v) is 26.2. The zero-order valence-electron chi connectivity index (χ0n) is 44.6. The van der Waals surface area contributed by atoms with E-state index in [1.54, 1.807) is 0 Å². The number of carbonyl (C=O) groups is 8. The number of esters is 7. The maximum absolute atomic E-state index is 14.8. The standard InChI is InChI=1S/C53H77NO20/c1-25-14-19-53(66-22-25)26(2)42-40(74-53)21-38-36-13-12-34-20-35(15-17-51(34,10)37(36)16-18-52(38,42)11)72-50-43(46(69-31(7)59)45(68-30(6)58)41(73-50)24-65-28(4)56)54-49(63)48(71-33(9)61)47(70-32(8)60)44(67-29(5)57)39(62)23-64-27(3)55/h12,25-26,35-48,50,62H,13-24H2,1-11H3,(H,54,63)/t25-,26+,35+,36-,37+,38+,39-,40+,41-,42+,43-,44-,45-,46-,47+,48-,50-,51+,52+,53-/m1/s1. The minimum Gasteiger partial charge on any atom is -0.463 e. The first-order valence-electron chi connectivity index (χ1n) is 26.2. The Bertz CT molecular complexity index is 2170. The van der Waals surface area contributed by atoms with Gasteiger partial charge in [-0.1, -0.05) is 39.3 Å². The van der Waals surface area contributed by atoms with E-state index in [9.17, 15) is 43.5 Å². The smallest absolute Gasteiger partial charge is 0.303 e. The molecule has 0 aromatic carbocycles. The maximum Gasteiger partial charge on any atom is 0.303 e. The second kappa shape index (κ2) is 22.9. The molecule has 0 aromatic heterocycles. The number of carbonyl (C=O) groups excluding carboxylic acids is 8. The SMILES string of the molecule is CC(=O)OC[C@@H](O)[C@@H](OC(C)=O)[C@H](OC(C)=O)[C@@H](OC(C)=O)C(=O)N[C@H]1[C@H](O[C@H]2CC[C@@]3(C)C(=CC[C@H]4[C@@H]5C[C@@H]6O[C@]7(CC[C@@H](C)CO7)[C@@H](C)[C@@H]6[C@@]5(C)CC[C@@H]43)C2)O[C@H](COC(C)=O)[C@@H](OC(C)=O)[C@@H]1OC(C)=O. The number of fused-ring (bicyclic) bond motifs is 7. The van der Waals surface area contributed by atoms with Crippen molar-refractivity contribution in [3.05, 3.63) is 11.6 Å². The fourth-order valence-electron chi connectivity index (χ4n) is 14.2. The van der Waals surface area contributed by atoms with Crippen LogP contribution >= 0.6 is 0 Å². The Morgan fingerprint density at radius 2 is 1.41 bits per heavy atom. The third-order valence-corrected chi connectivity index (χ3v) is 17.3. The van der Waals surface area contributed by atoms with E-state index in [0.29, 0.717) is 48.3 Å². The minimum atomic E-state index is -2.23. The molecular weight excluding hydrogens is 971 g/mol. The summed E-state index contributed by atoms with van der Waals surface area (Å²) in [4.78, 5) is 102. The molecule has 21 nitrogen and oxygen atoms in total. The summed E-state index contributed by atoms with van der Waals surface area (Å²) in [6.45, 7) is 16.1. The van der Waals surface area contributed by atoms with E-state index >= 15 is 0 Å². The van der Waals surface area contributed by atoms with Crippen LogP contribution in [-0.2, 0) is 90.5 Å². The van der Waals surface area contributed by atoms with Gasteiger partial charge in [-0.3, -0.25) is 38.4 Å². The van der Waals surface area contributed by atoms with Gasteiger partial charge in [-0.25, -0.2) is 0 Å². The molecule has 1 spiro atoms. The summed E-state index contributed by atoms with van der Waals surface area (Å²) in [5.74, 6) is -5.65. The molecule has 20 atom stereocenters. The number of hydrogen-bond acceptors (Lipinski definition) is 20. The Labute approximate surface area is 432 Å². The van der Waals surface area contributed by atoms with Crippen LogP contribution in [-0.4, -0.2) is 146 Å². The van der Waals surface area contributed by atoms with Gasteiger partial charge in [0.05, 0.1) is 18.8 Å². The molecule has 1 amide bonds. The number of amides is 1. The molecule has 7 aliphatic rings. The van der Waals surface area contributed by atoms with Crippen LogP contribution in [0.25, 0.3) is 0 Å².